The van der Waals surface area contributed by atoms with E-state index in [2.05, 4.69) is 5.32 Å². The number of thiocarbonyl (C=S) groups is 1. The molecule has 0 heterocycles. The van der Waals surface area contributed by atoms with Crippen LogP contribution in [0.3, 0.4) is 0 Å². The van der Waals surface area contributed by atoms with Crippen molar-refractivity contribution in [3.63, 3.8) is 0 Å². The van der Waals surface area contributed by atoms with Crippen molar-refractivity contribution in [3.8, 4) is 0 Å². The van der Waals surface area contributed by atoms with Gasteiger partial charge >= 0.3 is 0 Å². The summed E-state index contributed by atoms with van der Waals surface area (Å²) in [6.07, 6.45) is 0.626. The summed E-state index contributed by atoms with van der Waals surface area (Å²) in [5.41, 5.74) is 5.54. The van der Waals surface area contributed by atoms with E-state index in [0.29, 0.717) is 25.6 Å². The fraction of sp³-hybridized carbons (Fsp3) is 0.833. The Labute approximate surface area is 109 Å². The standard InChI is InChI=1S/C12H24N2O2S/c1-5-9(11(13)17)12(15)14-10(8(3)4)7-16-6-2/h8-10H,5-7H2,1-4H3,(H2,13,17)(H,14,15). The molecule has 4 nitrogen and oxygen atoms in total. The fourth-order valence-corrected chi connectivity index (χ4v) is 1.72. The zero-order chi connectivity index (χ0) is 13.4. The summed E-state index contributed by atoms with van der Waals surface area (Å²) < 4.78 is 5.35. The van der Waals surface area contributed by atoms with Gasteiger partial charge in [0.2, 0.25) is 5.91 Å². The molecule has 0 fully saturated rings. The van der Waals surface area contributed by atoms with E-state index < -0.39 is 0 Å². The van der Waals surface area contributed by atoms with Crippen molar-refractivity contribution in [2.75, 3.05) is 13.2 Å². The predicted octanol–water partition coefficient (Wildman–Crippen LogP) is 1.48. The topological polar surface area (TPSA) is 64.3 Å². The first-order valence-electron chi connectivity index (χ1n) is 6.11. The van der Waals surface area contributed by atoms with Crippen molar-refractivity contribution in [1.82, 2.24) is 5.32 Å². The predicted molar refractivity (Wildman–Crippen MR) is 73.8 cm³/mol. The molecule has 0 radical (unpaired) electrons. The van der Waals surface area contributed by atoms with Crippen LogP contribution in [0.15, 0.2) is 0 Å². The lowest BCUT2D eigenvalue weighted by Gasteiger charge is -2.24. The van der Waals surface area contributed by atoms with Crippen LogP contribution in [-0.2, 0) is 9.53 Å². The maximum absolute atomic E-state index is 12.0. The Morgan fingerprint density at radius 2 is 2.00 bits per heavy atom. The van der Waals surface area contributed by atoms with Crippen LogP contribution < -0.4 is 11.1 Å². The smallest absolute Gasteiger partial charge is 0.230 e. The van der Waals surface area contributed by atoms with E-state index in [-0.39, 0.29) is 22.9 Å². The average Bonchev–Trinajstić information content (AvgIpc) is 2.24. The zero-order valence-electron chi connectivity index (χ0n) is 11.2. The summed E-state index contributed by atoms with van der Waals surface area (Å²) in [5, 5.41) is 2.95. The number of ether oxygens (including phenoxy) is 1. The van der Waals surface area contributed by atoms with Gasteiger partial charge in [-0.1, -0.05) is 33.0 Å². The molecule has 1 amide bonds. The third-order valence-corrected chi connectivity index (χ3v) is 2.99. The molecule has 0 bridgehead atoms. The SMILES string of the molecule is CCOCC(NC(=O)C(CC)C(N)=S)C(C)C. The molecule has 3 N–H and O–H groups in total. The van der Waals surface area contributed by atoms with E-state index in [1.54, 1.807) is 0 Å². The van der Waals surface area contributed by atoms with Crippen LogP contribution >= 0.6 is 12.2 Å². The second kappa shape index (κ2) is 8.42. The van der Waals surface area contributed by atoms with Crippen LogP contribution in [0.1, 0.15) is 34.1 Å². The lowest BCUT2D eigenvalue weighted by molar-refractivity contribution is -0.124. The number of rotatable bonds is 8. The maximum atomic E-state index is 12.0. The molecule has 0 aliphatic rings. The molecule has 0 saturated heterocycles. The summed E-state index contributed by atoms with van der Waals surface area (Å²) >= 11 is 4.88. The molecule has 100 valence electrons. The van der Waals surface area contributed by atoms with Crippen molar-refractivity contribution in [2.24, 2.45) is 17.6 Å². The fourth-order valence-electron chi connectivity index (χ4n) is 1.44. The van der Waals surface area contributed by atoms with Crippen LogP contribution in [0.4, 0.5) is 0 Å². The first-order valence-corrected chi connectivity index (χ1v) is 6.52. The van der Waals surface area contributed by atoms with Crippen LogP contribution in [0.5, 0.6) is 0 Å². The molecule has 0 rings (SSSR count). The van der Waals surface area contributed by atoms with Crippen molar-refractivity contribution in [1.29, 1.82) is 0 Å². The molecule has 0 aromatic carbocycles. The first-order chi connectivity index (χ1) is 7.93. The highest BCUT2D eigenvalue weighted by Gasteiger charge is 2.23. The molecule has 2 atom stereocenters. The number of carbonyl (C=O) groups excluding carboxylic acids is 1. The second-order valence-electron chi connectivity index (χ2n) is 4.38. The summed E-state index contributed by atoms with van der Waals surface area (Å²) in [5.74, 6) is -0.166. The third-order valence-electron chi connectivity index (χ3n) is 2.70. The van der Waals surface area contributed by atoms with Crippen LogP contribution in [0, 0.1) is 11.8 Å². The van der Waals surface area contributed by atoms with Gasteiger partial charge in [0.1, 0.15) is 0 Å². The molecular formula is C12H24N2O2S. The van der Waals surface area contributed by atoms with E-state index >= 15 is 0 Å². The highest BCUT2D eigenvalue weighted by molar-refractivity contribution is 7.80. The Morgan fingerprint density at radius 1 is 1.41 bits per heavy atom. The highest BCUT2D eigenvalue weighted by atomic mass is 32.1. The van der Waals surface area contributed by atoms with E-state index in [1.165, 1.54) is 0 Å². The van der Waals surface area contributed by atoms with Gasteiger partial charge in [-0.05, 0) is 19.3 Å². The number of nitrogens with one attached hydrogen (secondary N) is 1. The van der Waals surface area contributed by atoms with Gasteiger partial charge in [0, 0.05) is 6.61 Å². The number of carbonyl (C=O) groups is 1. The lowest BCUT2D eigenvalue weighted by atomic mass is 10.0. The Bertz CT molecular complexity index is 257. The van der Waals surface area contributed by atoms with Gasteiger partial charge in [0.15, 0.2) is 0 Å². The summed E-state index contributed by atoms with van der Waals surface area (Å²) in [6, 6.07) is 0.00542. The van der Waals surface area contributed by atoms with Gasteiger partial charge in [-0.15, -0.1) is 0 Å². The van der Waals surface area contributed by atoms with Crippen LogP contribution in [0.2, 0.25) is 0 Å². The number of amides is 1. The Kier molecular flexibility index (Phi) is 8.08. The summed E-state index contributed by atoms with van der Waals surface area (Å²) in [4.78, 5) is 12.2. The van der Waals surface area contributed by atoms with Gasteiger partial charge in [0.05, 0.1) is 23.6 Å². The molecule has 0 aliphatic heterocycles. The third kappa shape index (κ3) is 5.98. The molecule has 0 aromatic rings. The Balaban J connectivity index is 4.42. The van der Waals surface area contributed by atoms with E-state index in [0.717, 1.165) is 0 Å². The monoisotopic (exact) mass is 260 g/mol. The Hall–Kier alpha value is -0.680. The molecule has 0 aliphatic carbocycles. The van der Waals surface area contributed by atoms with E-state index in [1.807, 2.05) is 27.7 Å². The van der Waals surface area contributed by atoms with Gasteiger partial charge in [-0.3, -0.25) is 4.79 Å². The van der Waals surface area contributed by atoms with Crippen molar-refractivity contribution in [3.05, 3.63) is 0 Å². The maximum Gasteiger partial charge on any atom is 0.230 e. The summed E-state index contributed by atoms with van der Waals surface area (Å²) in [7, 11) is 0. The Morgan fingerprint density at radius 3 is 2.35 bits per heavy atom. The van der Waals surface area contributed by atoms with Gasteiger partial charge in [0.25, 0.3) is 0 Å². The van der Waals surface area contributed by atoms with Crippen molar-refractivity contribution >= 4 is 23.1 Å². The minimum atomic E-state index is -0.382. The quantitative estimate of drug-likeness (QED) is 0.649. The van der Waals surface area contributed by atoms with Crippen LogP contribution in [-0.4, -0.2) is 30.2 Å². The van der Waals surface area contributed by atoms with Gasteiger partial charge in [-0.25, -0.2) is 0 Å². The molecule has 0 spiro atoms. The van der Waals surface area contributed by atoms with Crippen LogP contribution in [0.25, 0.3) is 0 Å². The molecule has 5 heteroatoms. The molecule has 0 aromatic heterocycles. The molecule has 0 saturated carbocycles. The summed E-state index contributed by atoms with van der Waals surface area (Å²) in [6.45, 7) is 9.09. The van der Waals surface area contributed by atoms with Crippen molar-refractivity contribution < 1.29 is 9.53 Å². The number of nitrogens with two attached hydrogens (primary N) is 1. The van der Waals surface area contributed by atoms with Crippen molar-refractivity contribution in [2.45, 2.75) is 40.2 Å². The largest absolute Gasteiger partial charge is 0.393 e. The van der Waals surface area contributed by atoms with Gasteiger partial charge in [-0.2, -0.15) is 0 Å². The molecular weight excluding hydrogens is 236 g/mol. The minimum Gasteiger partial charge on any atom is -0.393 e. The average molecular weight is 260 g/mol. The number of hydrogen-bond acceptors (Lipinski definition) is 3. The normalized spacial score (nSPS) is 14.4. The molecule has 2 unspecified atom stereocenters. The van der Waals surface area contributed by atoms with Gasteiger partial charge < -0.3 is 15.8 Å². The number of hydrogen-bond donors (Lipinski definition) is 2. The lowest BCUT2D eigenvalue weighted by Crippen LogP contribution is -2.47. The minimum absolute atomic E-state index is 0.00542. The first kappa shape index (κ1) is 16.3. The zero-order valence-corrected chi connectivity index (χ0v) is 12.0. The van der Waals surface area contributed by atoms with E-state index in [4.69, 9.17) is 22.7 Å². The van der Waals surface area contributed by atoms with E-state index in [9.17, 15) is 4.79 Å². The molecule has 17 heavy (non-hydrogen) atoms. The second-order valence-corrected chi connectivity index (χ2v) is 4.85. The highest BCUT2D eigenvalue weighted by Crippen LogP contribution is 2.07.